The molecule has 2 rings (SSSR count). The normalized spacial score (nSPS) is 14.4. The van der Waals surface area contributed by atoms with E-state index in [4.69, 9.17) is 0 Å². The standard InChI is InChI=1S/C16H22N2OS/c1-12(2)15-18-10-14(20-15)9-17-11-16(3,19)13-7-5-4-6-8-13/h4-8,10,12,17,19H,9,11H2,1-3H3. The minimum Gasteiger partial charge on any atom is -0.384 e. The van der Waals surface area contributed by atoms with Gasteiger partial charge in [-0.05, 0) is 12.5 Å². The minimum atomic E-state index is -0.854. The molecule has 20 heavy (non-hydrogen) atoms. The summed E-state index contributed by atoms with van der Waals surface area (Å²) in [6.07, 6.45) is 1.92. The van der Waals surface area contributed by atoms with Crippen molar-refractivity contribution in [3.63, 3.8) is 0 Å². The molecule has 0 saturated heterocycles. The molecule has 0 amide bonds. The Labute approximate surface area is 124 Å². The van der Waals surface area contributed by atoms with E-state index in [0.717, 1.165) is 17.1 Å². The van der Waals surface area contributed by atoms with Crippen molar-refractivity contribution in [2.75, 3.05) is 6.54 Å². The van der Waals surface area contributed by atoms with Crippen LogP contribution in [0, 0.1) is 0 Å². The largest absolute Gasteiger partial charge is 0.384 e. The first kappa shape index (κ1) is 15.2. The van der Waals surface area contributed by atoms with Gasteiger partial charge in [0.15, 0.2) is 0 Å². The number of nitrogens with one attached hydrogen (secondary N) is 1. The molecule has 0 saturated carbocycles. The average Bonchev–Trinajstić information content (AvgIpc) is 2.89. The van der Waals surface area contributed by atoms with Crippen LogP contribution >= 0.6 is 11.3 Å². The van der Waals surface area contributed by atoms with Crippen LogP contribution in [0.5, 0.6) is 0 Å². The fourth-order valence-electron chi connectivity index (χ4n) is 2.00. The summed E-state index contributed by atoms with van der Waals surface area (Å²) in [4.78, 5) is 5.61. The molecule has 2 aromatic rings. The summed E-state index contributed by atoms with van der Waals surface area (Å²) >= 11 is 1.73. The summed E-state index contributed by atoms with van der Waals surface area (Å²) in [5.41, 5.74) is 0.0759. The molecule has 0 radical (unpaired) electrons. The Kier molecular flexibility index (Phi) is 4.91. The zero-order valence-electron chi connectivity index (χ0n) is 12.3. The number of rotatable bonds is 6. The van der Waals surface area contributed by atoms with Crippen molar-refractivity contribution in [2.45, 2.75) is 38.8 Å². The zero-order valence-corrected chi connectivity index (χ0v) is 13.1. The number of nitrogens with zero attached hydrogens (tertiary/aromatic N) is 1. The van der Waals surface area contributed by atoms with Crippen LogP contribution in [-0.4, -0.2) is 16.6 Å². The quantitative estimate of drug-likeness (QED) is 0.858. The molecule has 1 aromatic carbocycles. The van der Waals surface area contributed by atoms with E-state index in [1.54, 1.807) is 11.3 Å². The average molecular weight is 290 g/mol. The van der Waals surface area contributed by atoms with Gasteiger partial charge in [-0.1, -0.05) is 44.2 Å². The molecule has 108 valence electrons. The molecule has 0 fully saturated rings. The van der Waals surface area contributed by atoms with Gasteiger partial charge in [-0.25, -0.2) is 4.98 Å². The molecule has 1 unspecified atom stereocenters. The second-order valence-electron chi connectivity index (χ2n) is 5.56. The summed E-state index contributed by atoms with van der Waals surface area (Å²) in [7, 11) is 0. The molecular formula is C16H22N2OS. The van der Waals surface area contributed by atoms with E-state index in [-0.39, 0.29) is 0 Å². The van der Waals surface area contributed by atoms with Crippen molar-refractivity contribution in [3.05, 3.63) is 52.0 Å². The number of hydrogen-bond acceptors (Lipinski definition) is 4. The second kappa shape index (κ2) is 6.48. The molecular weight excluding hydrogens is 268 g/mol. The first-order valence-electron chi connectivity index (χ1n) is 6.92. The van der Waals surface area contributed by atoms with E-state index >= 15 is 0 Å². The molecule has 0 bridgehead atoms. The van der Waals surface area contributed by atoms with Crippen LogP contribution in [0.3, 0.4) is 0 Å². The van der Waals surface area contributed by atoms with Gasteiger partial charge in [-0.2, -0.15) is 0 Å². The number of aliphatic hydroxyl groups is 1. The maximum Gasteiger partial charge on any atom is 0.0992 e. The highest BCUT2D eigenvalue weighted by atomic mass is 32.1. The predicted octanol–water partition coefficient (Wildman–Crippen LogP) is 3.26. The summed E-state index contributed by atoms with van der Waals surface area (Å²) in [6, 6.07) is 9.75. The smallest absolute Gasteiger partial charge is 0.0992 e. The monoisotopic (exact) mass is 290 g/mol. The Hall–Kier alpha value is -1.23. The Morgan fingerprint density at radius 2 is 2.00 bits per heavy atom. The highest BCUT2D eigenvalue weighted by Crippen LogP contribution is 2.22. The molecule has 4 heteroatoms. The summed E-state index contributed by atoms with van der Waals surface area (Å²) in [5, 5.41) is 15.0. The van der Waals surface area contributed by atoms with Gasteiger partial charge in [0.1, 0.15) is 0 Å². The van der Waals surface area contributed by atoms with Crippen molar-refractivity contribution in [1.82, 2.24) is 10.3 Å². The fourth-order valence-corrected chi connectivity index (χ4v) is 2.89. The summed E-state index contributed by atoms with van der Waals surface area (Å²) in [5.74, 6) is 0.473. The van der Waals surface area contributed by atoms with Gasteiger partial charge in [0, 0.05) is 30.1 Å². The van der Waals surface area contributed by atoms with Crippen molar-refractivity contribution >= 4 is 11.3 Å². The summed E-state index contributed by atoms with van der Waals surface area (Å²) < 4.78 is 0. The van der Waals surface area contributed by atoms with E-state index in [0.29, 0.717) is 12.5 Å². The lowest BCUT2D eigenvalue weighted by atomic mass is 9.96. The third-order valence-electron chi connectivity index (χ3n) is 3.23. The molecule has 0 aliphatic heterocycles. The van der Waals surface area contributed by atoms with Crippen LogP contribution in [0.15, 0.2) is 36.5 Å². The maximum absolute atomic E-state index is 10.5. The van der Waals surface area contributed by atoms with Gasteiger partial charge in [0.05, 0.1) is 10.6 Å². The Bertz CT molecular complexity index is 534. The highest BCUT2D eigenvalue weighted by Gasteiger charge is 2.22. The second-order valence-corrected chi connectivity index (χ2v) is 6.71. The van der Waals surface area contributed by atoms with E-state index in [1.165, 1.54) is 4.88 Å². The molecule has 0 spiro atoms. The van der Waals surface area contributed by atoms with Crippen molar-refractivity contribution in [1.29, 1.82) is 0 Å². The van der Waals surface area contributed by atoms with Crippen molar-refractivity contribution in [2.24, 2.45) is 0 Å². The van der Waals surface area contributed by atoms with Crippen molar-refractivity contribution < 1.29 is 5.11 Å². The SMILES string of the molecule is CC(C)c1ncc(CNCC(C)(O)c2ccccc2)s1. The first-order chi connectivity index (χ1) is 9.49. The topological polar surface area (TPSA) is 45.2 Å². The number of benzene rings is 1. The molecule has 3 nitrogen and oxygen atoms in total. The van der Waals surface area contributed by atoms with Gasteiger partial charge in [0.25, 0.3) is 0 Å². The third kappa shape index (κ3) is 3.88. The highest BCUT2D eigenvalue weighted by molar-refractivity contribution is 7.11. The molecule has 2 N–H and O–H groups in total. The predicted molar refractivity (Wildman–Crippen MR) is 83.9 cm³/mol. The number of hydrogen-bond donors (Lipinski definition) is 2. The fraction of sp³-hybridized carbons (Fsp3) is 0.438. The van der Waals surface area contributed by atoms with Crippen LogP contribution in [0.1, 0.15) is 42.1 Å². The zero-order chi connectivity index (χ0) is 14.6. The maximum atomic E-state index is 10.5. The first-order valence-corrected chi connectivity index (χ1v) is 7.74. The Morgan fingerprint density at radius 3 is 2.60 bits per heavy atom. The third-order valence-corrected chi connectivity index (χ3v) is 4.53. The number of aromatic nitrogens is 1. The van der Waals surface area contributed by atoms with E-state index in [2.05, 4.69) is 24.1 Å². The van der Waals surface area contributed by atoms with E-state index in [9.17, 15) is 5.11 Å². The van der Waals surface area contributed by atoms with Crippen LogP contribution in [0.2, 0.25) is 0 Å². The van der Waals surface area contributed by atoms with Crippen LogP contribution in [0.25, 0.3) is 0 Å². The van der Waals surface area contributed by atoms with Gasteiger partial charge in [0.2, 0.25) is 0 Å². The lowest BCUT2D eigenvalue weighted by molar-refractivity contribution is 0.0567. The van der Waals surface area contributed by atoms with Crippen molar-refractivity contribution in [3.8, 4) is 0 Å². The van der Waals surface area contributed by atoms with Gasteiger partial charge in [-0.15, -0.1) is 11.3 Å². The van der Waals surface area contributed by atoms with Gasteiger partial charge in [-0.3, -0.25) is 0 Å². The molecule has 1 aromatic heterocycles. The van der Waals surface area contributed by atoms with Gasteiger partial charge < -0.3 is 10.4 Å². The lowest BCUT2D eigenvalue weighted by Gasteiger charge is -2.24. The van der Waals surface area contributed by atoms with Crippen LogP contribution in [-0.2, 0) is 12.1 Å². The minimum absolute atomic E-state index is 0.473. The molecule has 1 heterocycles. The van der Waals surface area contributed by atoms with E-state index in [1.807, 2.05) is 43.5 Å². The molecule has 0 aliphatic carbocycles. The van der Waals surface area contributed by atoms with Gasteiger partial charge >= 0.3 is 0 Å². The Balaban J connectivity index is 1.88. The van der Waals surface area contributed by atoms with Crippen LogP contribution in [0.4, 0.5) is 0 Å². The molecule has 0 aliphatic rings. The Morgan fingerprint density at radius 1 is 1.30 bits per heavy atom. The van der Waals surface area contributed by atoms with E-state index < -0.39 is 5.60 Å². The number of thiazole rings is 1. The lowest BCUT2D eigenvalue weighted by Crippen LogP contribution is -2.34. The molecule has 1 atom stereocenters. The summed E-state index contributed by atoms with van der Waals surface area (Å²) in [6.45, 7) is 7.40. The van der Waals surface area contributed by atoms with Crippen LogP contribution < -0.4 is 5.32 Å².